The zero-order chi connectivity index (χ0) is 23.5. The summed E-state index contributed by atoms with van der Waals surface area (Å²) in [4.78, 5) is 22.9. The summed E-state index contributed by atoms with van der Waals surface area (Å²) >= 11 is 0. The maximum Gasteiger partial charge on any atom is 0.268 e. The van der Waals surface area contributed by atoms with E-state index in [0.717, 1.165) is 5.56 Å². The van der Waals surface area contributed by atoms with Crippen LogP contribution in [0.25, 0.3) is 34.3 Å². The maximum atomic E-state index is 12.1. The molecule has 0 saturated carbocycles. The second kappa shape index (κ2) is 9.20. The minimum absolute atomic E-state index is 0. The Morgan fingerprint density at radius 1 is 1.03 bits per heavy atom. The fourth-order valence-corrected chi connectivity index (χ4v) is 3.26. The number of hydrogen-bond acceptors (Lipinski definition) is 7. The summed E-state index contributed by atoms with van der Waals surface area (Å²) in [5.74, 6) is 1.24. The quantitative estimate of drug-likeness (QED) is 0.416. The highest BCUT2D eigenvalue weighted by atomic mass is 16.5. The molecule has 0 aliphatic heterocycles. The Hall–Kier alpha value is -4.07. The van der Waals surface area contributed by atoms with E-state index >= 15 is 0 Å². The molecule has 2 heterocycles. The van der Waals surface area contributed by atoms with Crippen molar-refractivity contribution in [2.24, 2.45) is 0 Å². The Morgan fingerprint density at radius 2 is 1.73 bits per heavy atom. The van der Waals surface area contributed by atoms with Crippen LogP contribution in [0.1, 0.15) is 31.3 Å². The molecule has 1 amide bonds. The number of nitrogens with zero attached hydrogens (tertiary/aromatic N) is 5. The first-order valence-corrected chi connectivity index (χ1v) is 10.6. The largest absolute Gasteiger partial charge is 0.490 e. The fourth-order valence-electron chi connectivity index (χ4n) is 3.26. The van der Waals surface area contributed by atoms with E-state index in [1.54, 1.807) is 32.4 Å². The fraction of sp³-hybridized carbons (Fsp3) is 0.240. The molecule has 0 saturated heterocycles. The van der Waals surface area contributed by atoms with E-state index in [1.165, 1.54) is 4.90 Å². The van der Waals surface area contributed by atoms with Gasteiger partial charge in [-0.2, -0.15) is 0 Å². The van der Waals surface area contributed by atoms with Gasteiger partial charge in [0.05, 0.1) is 29.3 Å². The van der Waals surface area contributed by atoms with E-state index in [0.29, 0.717) is 39.8 Å². The van der Waals surface area contributed by atoms with Crippen LogP contribution in [0.2, 0.25) is 0 Å². The van der Waals surface area contributed by atoms with Crippen LogP contribution in [-0.4, -0.2) is 51.2 Å². The number of para-hydroxylation sites is 1. The van der Waals surface area contributed by atoms with Crippen LogP contribution in [0.4, 0.5) is 0 Å². The van der Waals surface area contributed by atoms with Crippen molar-refractivity contribution in [2.75, 3.05) is 14.1 Å². The summed E-state index contributed by atoms with van der Waals surface area (Å²) in [5.41, 5.74) is 3.96. The molecule has 8 nitrogen and oxygen atoms in total. The zero-order valence-corrected chi connectivity index (χ0v) is 19.2. The van der Waals surface area contributed by atoms with Gasteiger partial charge in [0, 0.05) is 26.6 Å². The van der Waals surface area contributed by atoms with Crippen molar-refractivity contribution in [1.82, 2.24) is 25.1 Å². The van der Waals surface area contributed by atoms with Crippen LogP contribution in [-0.2, 0) is 0 Å². The smallest absolute Gasteiger partial charge is 0.268 e. The SMILES string of the molecule is Cc1ncc(-c2ccc(C(=O)N(C)C)cc2)nc1-c1nnc(-c2ccccc2OC(C)C)o1.[HH]. The number of rotatable bonds is 6. The third kappa shape index (κ3) is 4.74. The first-order chi connectivity index (χ1) is 15.8. The number of carbonyl (C=O) groups excluding carboxylic acids is 1. The third-order valence-electron chi connectivity index (χ3n) is 4.90. The second-order valence-electron chi connectivity index (χ2n) is 8.04. The Labute approximate surface area is 193 Å². The van der Waals surface area contributed by atoms with Gasteiger partial charge in [0.1, 0.15) is 11.4 Å². The summed E-state index contributed by atoms with van der Waals surface area (Å²) in [5, 5.41) is 8.43. The number of benzene rings is 2. The zero-order valence-electron chi connectivity index (χ0n) is 19.2. The highest BCUT2D eigenvalue weighted by Gasteiger charge is 2.19. The molecule has 0 N–H and O–H groups in total. The van der Waals surface area contributed by atoms with Gasteiger partial charge in [-0.1, -0.05) is 24.3 Å². The van der Waals surface area contributed by atoms with E-state index in [-0.39, 0.29) is 19.3 Å². The van der Waals surface area contributed by atoms with Crippen molar-refractivity contribution < 1.29 is 15.4 Å². The van der Waals surface area contributed by atoms with E-state index in [9.17, 15) is 4.79 Å². The number of amides is 1. The molecule has 0 aliphatic rings. The lowest BCUT2D eigenvalue weighted by atomic mass is 10.1. The molecular formula is C25H27N5O3. The normalized spacial score (nSPS) is 11.0. The van der Waals surface area contributed by atoms with Gasteiger partial charge in [-0.25, -0.2) is 4.98 Å². The Balaban J connectivity index is 0.00000324. The minimum atomic E-state index is -0.0580. The molecule has 0 atom stereocenters. The second-order valence-corrected chi connectivity index (χ2v) is 8.04. The van der Waals surface area contributed by atoms with Gasteiger partial charge in [-0.15, -0.1) is 10.2 Å². The molecule has 2 aromatic carbocycles. The van der Waals surface area contributed by atoms with Gasteiger partial charge in [-0.05, 0) is 45.0 Å². The van der Waals surface area contributed by atoms with Crippen LogP contribution in [0, 0.1) is 6.92 Å². The lowest BCUT2D eigenvalue weighted by Crippen LogP contribution is -2.21. The van der Waals surface area contributed by atoms with Gasteiger partial charge in [0.25, 0.3) is 17.7 Å². The minimum Gasteiger partial charge on any atom is -0.490 e. The van der Waals surface area contributed by atoms with Gasteiger partial charge in [0.2, 0.25) is 0 Å². The number of ether oxygens (including phenoxy) is 1. The number of hydrogen-bond donors (Lipinski definition) is 0. The molecule has 170 valence electrons. The van der Waals surface area contributed by atoms with Crippen LogP contribution in [0.15, 0.2) is 59.1 Å². The number of aromatic nitrogens is 4. The molecule has 8 heteroatoms. The summed E-state index contributed by atoms with van der Waals surface area (Å²) in [6, 6.07) is 14.8. The first kappa shape index (κ1) is 22.1. The molecule has 4 rings (SSSR count). The molecule has 0 bridgehead atoms. The van der Waals surface area contributed by atoms with Crippen LogP contribution >= 0.6 is 0 Å². The van der Waals surface area contributed by atoms with Gasteiger partial charge in [-0.3, -0.25) is 9.78 Å². The van der Waals surface area contributed by atoms with E-state index in [1.807, 2.05) is 57.2 Å². The molecule has 0 radical (unpaired) electrons. The van der Waals surface area contributed by atoms with E-state index in [4.69, 9.17) is 14.1 Å². The topological polar surface area (TPSA) is 94.2 Å². The Morgan fingerprint density at radius 3 is 2.42 bits per heavy atom. The lowest BCUT2D eigenvalue weighted by Gasteiger charge is -2.11. The molecule has 4 aromatic rings. The predicted octanol–water partition coefficient (Wildman–Crippen LogP) is 4.90. The van der Waals surface area contributed by atoms with Crippen LogP contribution < -0.4 is 4.74 Å². The molecule has 33 heavy (non-hydrogen) atoms. The Kier molecular flexibility index (Phi) is 6.17. The highest BCUT2D eigenvalue weighted by molar-refractivity contribution is 5.94. The maximum absolute atomic E-state index is 12.1. The number of aryl methyl sites for hydroxylation is 1. The van der Waals surface area contributed by atoms with E-state index < -0.39 is 0 Å². The summed E-state index contributed by atoms with van der Waals surface area (Å²) in [6.07, 6.45) is 1.70. The summed E-state index contributed by atoms with van der Waals surface area (Å²) in [6.45, 7) is 5.76. The molecular weight excluding hydrogens is 418 g/mol. The van der Waals surface area contributed by atoms with Crippen LogP contribution in [0.5, 0.6) is 5.75 Å². The predicted molar refractivity (Wildman–Crippen MR) is 127 cm³/mol. The van der Waals surface area contributed by atoms with E-state index in [2.05, 4.69) is 15.2 Å². The summed E-state index contributed by atoms with van der Waals surface area (Å²) in [7, 11) is 3.44. The molecule has 0 unspecified atom stereocenters. The van der Waals surface area contributed by atoms with Crippen molar-refractivity contribution in [3.05, 3.63) is 66.0 Å². The lowest BCUT2D eigenvalue weighted by molar-refractivity contribution is 0.0827. The Bertz CT molecular complexity index is 1290. The van der Waals surface area contributed by atoms with Gasteiger partial charge < -0.3 is 14.1 Å². The monoisotopic (exact) mass is 445 g/mol. The van der Waals surface area contributed by atoms with Crippen LogP contribution in [0.3, 0.4) is 0 Å². The summed E-state index contributed by atoms with van der Waals surface area (Å²) < 4.78 is 11.8. The third-order valence-corrected chi connectivity index (χ3v) is 4.90. The van der Waals surface area contributed by atoms with Crippen molar-refractivity contribution in [1.29, 1.82) is 0 Å². The average molecular weight is 446 g/mol. The van der Waals surface area contributed by atoms with Crippen molar-refractivity contribution in [3.63, 3.8) is 0 Å². The average Bonchev–Trinajstić information content (AvgIpc) is 3.29. The van der Waals surface area contributed by atoms with Gasteiger partial charge in [0.15, 0.2) is 0 Å². The van der Waals surface area contributed by atoms with Crippen molar-refractivity contribution >= 4 is 5.91 Å². The standard InChI is InChI=1S/C25H25N5O3.H2/c1-15(2)32-21-9-7-6-8-19(21)23-28-29-24(33-23)22-16(3)26-14-20(27-22)17-10-12-18(13-11-17)25(31)30(4)5;/h6-15H,1-5H3;1H. The van der Waals surface area contributed by atoms with Gasteiger partial charge >= 0.3 is 0 Å². The molecule has 0 fully saturated rings. The number of carbonyl (C=O) groups is 1. The van der Waals surface area contributed by atoms with Crippen molar-refractivity contribution in [2.45, 2.75) is 26.9 Å². The molecule has 2 aromatic heterocycles. The molecule has 0 spiro atoms. The molecule has 0 aliphatic carbocycles. The first-order valence-electron chi connectivity index (χ1n) is 10.6. The highest BCUT2D eigenvalue weighted by Crippen LogP contribution is 2.32. The van der Waals surface area contributed by atoms with Crippen molar-refractivity contribution in [3.8, 4) is 40.0 Å².